The number of aromatic carboxylic acids is 1. The van der Waals surface area contributed by atoms with Gasteiger partial charge in [-0.05, 0) is 31.0 Å². The molecule has 3 rings (SSSR count). The zero-order chi connectivity index (χ0) is 17.3. The first-order chi connectivity index (χ1) is 11.4. The van der Waals surface area contributed by atoms with Crippen molar-refractivity contribution >= 4 is 17.6 Å². The SMILES string of the molecule is O=C(O)c1ccc(NC(=O)c2cc(C3CC3)on2)c(OC(F)F)c1. The molecule has 0 spiro atoms. The Balaban J connectivity index is 1.81. The van der Waals surface area contributed by atoms with Crippen molar-refractivity contribution in [2.24, 2.45) is 0 Å². The number of carboxylic acid groups (broad SMARTS) is 1. The summed E-state index contributed by atoms with van der Waals surface area (Å²) in [5, 5.41) is 14.9. The normalized spacial score (nSPS) is 13.8. The number of aromatic nitrogens is 1. The Morgan fingerprint density at radius 3 is 2.71 bits per heavy atom. The number of anilines is 1. The van der Waals surface area contributed by atoms with Gasteiger partial charge in [0.2, 0.25) is 0 Å². The zero-order valence-electron chi connectivity index (χ0n) is 12.2. The molecule has 126 valence electrons. The van der Waals surface area contributed by atoms with E-state index >= 15 is 0 Å². The molecule has 0 unspecified atom stereocenters. The number of rotatable bonds is 6. The van der Waals surface area contributed by atoms with Crippen molar-refractivity contribution in [3.05, 3.63) is 41.3 Å². The Morgan fingerprint density at radius 1 is 1.33 bits per heavy atom. The molecule has 1 aromatic carbocycles. The lowest BCUT2D eigenvalue weighted by Gasteiger charge is -2.11. The number of ether oxygens (including phenoxy) is 1. The molecule has 1 heterocycles. The first-order valence-electron chi connectivity index (χ1n) is 7.04. The van der Waals surface area contributed by atoms with Crippen LogP contribution in [0.4, 0.5) is 14.5 Å². The smallest absolute Gasteiger partial charge is 0.387 e. The number of amides is 1. The average Bonchev–Trinajstić information content (AvgIpc) is 3.25. The van der Waals surface area contributed by atoms with Crippen molar-refractivity contribution in [3.63, 3.8) is 0 Å². The third-order valence-corrected chi connectivity index (χ3v) is 3.43. The van der Waals surface area contributed by atoms with Crippen LogP contribution in [-0.2, 0) is 0 Å². The predicted octanol–water partition coefficient (Wildman–Crippen LogP) is 3.10. The van der Waals surface area contributed by atoms with E-state index in [-0.39, 0.29) is 22.9 Å². The highest BCUT2D eigenvalue weighted by Gasteiger charge is 2.29. The van der Waals surface area contributed by atoms with Crippen molar-refractivity contribution in [2.75, 3.05) is 5.32 Å². The van der Waals surface area contributed by atoms with Crippen LogP contribution in [0.5, 0.6) is 5.75 Å². The van der Waals surface area contributed by atoms with Crippen molar-refractivity contribution in [2.45, 2.75) is 25.4 Å². The van der Waals surface area contributed by atoms with Crippen molar-refractivity contribution in [3.8, 4) is 5.75 Å². The standard InChI is InChI=1S/C15H12F2N2O5/c16-15(17)23-12-5-8(14(21)22)3-4-9(12)18-13(20)10-6-11(24-19-10)7-1-2-7/h3-7,15H,1-2H2,(H,18,20)(H,21,22). The van der Waals surface area contributed by atoms with Crippen molar-refractivity contribution in [1.82, 2.24) is 5.16 Å². The minimum absolute atomic E-state index is 0.00204. The number of nitrogens with zero attached hydrogens (tertiary/aromatic N) is 1. The summed E-state index contributed by atoms with van der Waals surface area (Å²) in [7, 11) is 0. The van der Waals surface area contributed by atoms with Gasteiger partial charge < -0.3 is 19.7 Å². The molecule has 7 nitrogen and oxygen atoms in total. The molecule has 0 aliphatic heterocycles. The van der Waals surface area contributed by atoms with E-state index in [1.54, 1.807) is 0 Å². The topological polar surface area (TPSA) is 102 Å². The van der Waals surface area contributed by atoms with Crippen LogP contribution >= 0.6 is 0 Å². The van der Waals surface area contributed by atoms with Crippen LogP contribution in [0.25, 0.3) is 0 Å². The fraction of sp³-hybridized carbons (Fsp3) is 0.267. The molecule has 0 saturated heterocycles. The van der Waals surface area contributed by atoms with E-state index in [9.17, 15) is 18.4 Å². The summed E-state index contributed by atoms with van der Waals surface area (Å²) < 4.78 is 34.3. The minimum atomic E-state index is -3.17. The van der Waals surface area contributed by atoms with Crippen LogP contribution < -0.4 is 10.1 Å². The molecule has 0 atom stereocenters. The number of nitrogens with one attached hydrogen (secondary N) is 1. The summed E-state index contributed by atoms with van der Waals surface area (Å²) in [6.07, 6.45) is 1.94. The number of benzene rings is 1. The molecule has 0 bridgehead atoms. The van der Waals surface area contributed by atoms with Gasteiger partial charge in [-0.25, -0.2) is 4.79 Å². The minimum Gasteiger partial charge on any atom is -0.478 e. The number of carboxylic acids is 1. The molecule has 1 fully saturated rings. The van der Waals surface area contributed by atoms with E-state index < -0.39 is 24.2 Å². The highest BCUT2D eigenvalue weighted by atomic mass is 19.3. The third kappa shape index (κ3) is 3.50. The third-order valence-electron chi connectivity index (χ3n) is 3.43. The summed E-state index contributed by atoms with van der Waals surface area (Å²) in [6, 6.07) is 4.73. The number of carbonyl (C=O) groups excluding carboxylic acids is 1. The summed E-state index contributed by atoms with van der Waals surface area (Å²) in [5.41, 5.74) is -0.343. The fourth-order valence-corrected chi connectivity index (χ4v) is 2.10. The first-order valence-corrected chi connectivity index (χ1v) is 7.04. The molecule has 1 aliphatic carbocycles. The van der Waals surface area contributed by atoms with E-state index in [0.717, 1.165) is 25.0 Å². The first kappa shape index (κ1) is 15.9. The van der Waals surface area contributed by atoms with Crippen LogP contribution in [0.3, 0.4) is 0 Å². The number of halogens is 2. The van der Waals surface area contributed by atoms with Gasteiger partial charge in [0.1, 0.15) is 11.5 Å². The quantitative estimate of drug-likeness (QED) is 0.839. The van der Waals surface area contributed by atoms with Gasteiger partial charge in [-0.15, -0.1) is 0 Å². The van der Waals surface area contributed by atoms with Crippen LogP contribution in [0.2, 0.25) is 0 Å². The Hall–Kier alpha value is -2.97. The molecule has 1 aliphatic rings. The van der Waals surface area contributed by atoms with Gasteiger partial charge >= 0.3 is 12.6 Å². The molecule has 9 heteroatoms. The number of alkyl halides is 2. The second-order valence-corrected chi connectivity index (χ2v) is 5.24. The lowest BCUT2D eigenvalue weighted by atomic mass is 10.2. The van der Waals surface area contributed by atoms with Gasteiger partial charge in [-0.1, -0.05) is 5.16 Å². The highest BCUT2D eigenvalue weighted by molar-refractivity contribution is 6.04. The van der Waals surface area contributed by atoms with Crippen molar-refractivity contribution < 1.29 is 32.7 Å². The van der Waals surface area contributed by atoms with Crippen LogP contribution in [0.1, 0.15) is 45.4 Å². The van der Waals surface area contributed by atoms with Crippen LogP contribution in [-0.4, -0.2) is 28.8 Å². The molecule has 0 radical (unpaired) electrons. The molecule has 2 N–H and O–H groups in total. The van der Waals surface area contributed by atoms with Gasteiger partial charge in [0.05, 0.1) is 11.3 Å². The molecular formula is C15H12F2N2O5. The largest absolute Gasteiger partial charge is 0.478 e. The van der Waals surface area contributed by atoms with Gasteiger partial charge in [0.25, 0.3) is 5.91 Å². The molecule has 2 aromatic rings. The maximum atomic E-state index is 12.5. The van der Waals surface area contributed by atoms with Gasteiger partial charge in [0, 0.05) is 12.0 Å². The Bertz CT molecular complexity index is 786. The molecule has 1 amide bonds. The maximum absolute atomic E-state index is 12.5. The number of carbonyl (C=O) groups is 2. The van der Waals surface area contributed by atoms with E-state index in [2.05, 4.69) is 15.2 Å². The predicted molar refractivity (Wildman–Crippen MR) is 76.5 cm³/mol. The highest BCUT2D eigenvalue weighted by Crippen LogP contribution is 2.40. The second kappa shape index (κ2) is 6.26. The molecular weight excluding hydrogens is 326 g/mol. The lowest BCUT2D eigenvalue weighted by molar-refractivity contribution is -0.0494. The monoisotopic (exact) mass is 338 g/mol. The molecule has 1 saturated carbocycles. The van der Waals surface area contributed by atoms with Gasteiger partial charge in [-0.2, -0.15) is 8.78 Å². The Kier molecular flexibility index (Phi) is 4.15. The summed E-state index contributed by atoms with van der Waals surface area (Å²) in [5.74, 6) is -1.56. The number of hydrogen-bond acceptors (Lipinski definition) is 5. The number of hydrogen-bond donors (Lipinski definition) is 2. The van der Waals surface area contributed by atoms with Crippen molar-refractivity contribution in [1.29, 1.82) is 0 Å². The Labute approximate surface area is 134 Å². The summed E-state index contributed by atoms with van der Waals surface area (Å²) >= 11 is 0. The molecule has 24 heavy (non-hydrogen) atoms. The summed E-state index contributed by atoms with van der Waals surface area (Å²) in [6.45, 7) is -3.17. The average molecular weight is 338 g/mol. The fourth-order valence-electron chi connectivity index (χ4n) is 2.10. The van der Waals surface area contributed by atoms with E-state index in [0.29, 0.717) is 5.76 Å². The molecule has 1 aromatic heterocycles. The Morgan fingerprint density at radius 2 is 2.08 bits per heavy atom. The van der Waals surface area contributed by atoms with Gasteiger partial charge in [0.15, 0.2) is 5.69 Å². The maximum Gasteiger partial charge on any atom is 0.387 e. The second-order valence-electron chi connectivity index (χ2n) is 5.24. The van der Waals surface area contributed by atoms with Gasteiger partial charge in [-0.3, -0.25) is 4.79 Å². The zero-order valence-corrected chi connectivity index (χ0v) is 12.2. The van der Waals surface area contributed by atoms with Crippen LogP contribution in [0.15, 0.2) is 28.8 Å². The lowest BCUT2D eigenvalue weighted by Crippen LogP contribution is -2.14. The van der Waals surface area contributed by atoms with E-state index in [4.69, 9.17) is 9.63 Å². The summed E-state index contributed by atoms with van der Waals surface area (Å²) in [4.78, 5) is 23.0. The van der Waals surface area contributed by atoms with Crippen LogP contribution in [0, 0.1) is 0 Å². The van der Waals surface area contributed by atoms with E-state index in [1.165, 1.54) is 12.1 Å². The van der Waals surface area contributed by atoms with E-state index in [1.807, 2.05) is 0 Å².